The van der Waals surface area contributed by atoms with Crippen LogP contribution in [-0.2, 0) is 4.74 Å². The third-order valence-electron chi connectivity index (χ3n) is 1.21. The van der Waals surface area contributed by atoms with E-state index < -0.39 is 5.97 Å². The molecule has 0 aliphatic rings. The fourth-order valence-corrected chi connectivity index (χ4v) is 1.47. The predicted molar refractivity (Wildman–Crippen MR) is 43.3 cm³/mol. The van der Waals surface area contributed by atoms with Crippen LogP contribution in [0.3, 0.4) is 0 Å². The third kappa shape index (κ3) is 1.61. The van der Waals surface area contributed by atoms with Gasteiger partial charge >= 0.3 is 13.5 Å². The average molecular weight is 169 g/mol. The highest BCUT2D eigenvalue weighted by atomic mass is 32.1. The fourth-order valence-electron chi connectivity index (χ4n) is 0.679. The lowest BCUT2D eigenvalue weighted by molar-refractivity contribution is 0.0607. The van der Waals surface area contributed by atoms with Gasteiger partial charge in [-0.05, 0) is 10.8 Å². The molecule has 5 heteroatoms. The molecule has 1 radical (unpaired) electrons. The van der Waals surface area contributed by atoms with Gasteiger partial charge in [0.05, 0.1) is 7.11 Å². The molecule has 0 spiro atoms. The van der Waals surface area contributed by atoms with Crippen molar-refractivity contribution < 1.29 is 14.6 Å². The van der Waals surface area contributed by atoms with Crippen LogP contribution in [0, 0.1) is 0 Å². The molecule has 0 fully saturated rings. The van der Waals surface area contributed by atoms with Crippen molar-refractivity contribution in [2.75, 3.05) is 7.11 Å². The molecule has 0 aliphatic carbocycles. The zero-order valence-electron chi connectivity index (χ0n) is 5.90. The van der Waals surface area contributed by atoms with Crippen molar-refractivity contribution in [3.63, 3.8) is 0 Å². The summed E-state index contributed by atoms with van der Waals surface area (Å²) in [5.74, 6) is -0.416. The molecule has 11 heavy (non-hydrogen) atoms. The number of rotatable bonds is 2. The van der Waals surface area contributed by atoms with E-state index in [1.807, 2.05) is 0 Å². The third-order valence-corrected chi connectivity index (χ3v) is 2.12. The number of hydrogen-bond donors (Lipinski definition) is 1. The summed E-state index contributed by atoms with van der Waals surface area (Å²) in [4.78, 5) is 11.3. The highest BCUT2D eigenvalue weighted by Crippen LogP contribution is 2.06. The van der Waals surface area contributed by atoms with Crippen molar-refractivity contribution in [1.82, 2.24) is 0 Å². The van der Waals surface area contributed by atoms with Crippen LogP contribution < -0.4 is 5.46 Å². The molecule has 0 aliphatic heterocycles. The summed E-state index contributed by atoms with van der Waals surface area (Å²) in [6.45, 7) is 0. The van der Waals surface area contributed by atoms with Crippen LogP contribution in [0.4, 0.5) is 0 Å². The zero-order chi connectivity index (χ0) is 8.27. The number of thiophene rings is 1. The maximum atomic E-state index is 10.9. The van der Waals surface area contributed by atoms with Crippen LogP contribution in [0.2, 0.25) is 0 Å². The number of esters is 1. The molecule has 0 amide bonds. The van der Waals surface area contributed by atoms with E-state index in [1.54, 1.807) is 11.4 Å². The minimum atomic E-state index is -0.416. The van der Waals surface area contributed by atoms with Crippen LogP contribution in [0.5, 0.6) is 0 Å². The van der Waals surface area contributed by atoms with Crippen molar-refractivity contribution >= 4 is 30.3 Å². The molecule has 1 aromatic heterocycles. The Morgan fingerprint density at radius 3 is 3.09 bits per heavy atom. The minimum Gasteiger partial charge on any atom is -0.465 e. The Morgan fingerprint density at radius 1 is 1.82 bits per heavy atom. The molecule has 0 saturated heterocycles. The van der Waals surface area contributed by atoms with Gasteiger partial charge in [-0.25, -0.2) is 4.79 Å². The van der Waals surface area contributed by atoms with Crippen LogP contribution in [-0.4, -0.2) is 25.6 Å². The monoisotopic (exact) mass is 169 g/mol. The second-order valence-corrected chi connectivity index (χ2v) is 2.74. The number of ether oxygens (including phenoxy) is 1. The summed E-state index contributed by atoms with van der Waals surface area (Å²) >= 11 is 1.24. The second-order valence-electron chi connectivity index (χ2n) is 1.83. The van der Waals surface area contributed by atoms with E-state index in [9.17, 15) is 4.79 Å². The average Bonchev–Trinajstić information content (AvgIpc) is 2.50. The molecule has 0 atom stereocenters. The van der Waals surface area contributed by atoms with Gasteiger partial charge in [0.15, 0.2) is 0 Å². The van der Waals surface area contributed by atoms with Gasteiger partial charge in [-0.1, -0.05) is 6.07 Å². The van der Waals surface area contributed by atoms with Gasteiger partial charge in [0, 0.05) is 0 Å². The van der Waals surface area contributed by atoms with Gasteiger partial charge in [0.1, 0.15) is 4.88 Å². The first-order valence-corrected chi connectivity index (χ1v) is 3.80. The molecule has 1 aromatic rings. The number of carbonyl (C=O) groups excluding carboxylic acids is 1. The van der Waals surface area contributed by atoms with Crippen molar-refractivity contribution in [2.45, 2.75) is 0 Å². The van der Waals surface area contributed by atoms with E-state index in [2.05, 4.69) is 4.74 Å². The van der Waals surface area contributed by atoms with E-state index in [1.165, 1.54) is 18.4 Å². The van der Waals surface area contributed by atoms with E-state index in [-0.39, 0.29) is 0 Å². The van der Waals surface area contributed by atoms with Crippen molar-refractivity contribution in [3.05, 3.63) is 16.3 Å². The first-order valence-electron chi connectivity index (χ1n) is 2.93. The zero-order valence-corrected chi connectivity index (χ0v) is 6.72. The second kappa shape index (κ2) is 3.55. The Kier molecular flexibility index (Phi) is 2.67. The predicted octanol–water partition coefficient (Wildman–Crippen LogP) is -0.228. The number of carbonyl (C=O) groups is 1. The lowest BCUT2D eigenvalue weighted by Crippen LogP contribution is -2.19. The summed E-state index contributed by atoms with van der Waals surface area (Å²) in [7, 11) is 2.20. The quantitative estimate of drug-likeness (QED) is 0.491. The standard InChI is InChI=1S/C6H6BO3S/c1-10-6(8)5-4(7-9)2-3-11-5/h2-3,9H,1H3. The molecular formula is C6H6BO3S. The topological polar surface area (TPSA) is 46.5 Å². The van der Waals surface area contributed by atoms with E-state index in [0.29, 0.717) is 10.3 Å². The summed E-state index contributed by atoms with van der Waals surface area (Å²) < 4.78 is 4.48. The summed E-state index contributed by atoms with van der Waals surface area (Å²) in [6, 6.07) is 1.65. The molecule has 1 rings (SSSR count). The number of methoxy groups -OCH3 is 1. The lowest BCUT2D eigenvalue weighted by atomic mass is 9.89. The Labute approximate surface area is 68.9 Å². The Hall–Kier alpha value is -0.805. The Balaban J connectivity index is 2.92. The van der Waals surface area contributed by atoms with Gasteiger partial charge in [0.25, 0.3) is 0 Å². The van der Waals surface area contributed by atoms with Crippen molar-refractivity contribution in [1.29, 1.82) is 0 Å². The molecular weight excluding hydrogens is 163 g/mol. The maximum Gasteiger partial charge on any atom is 0.347 e. The highest BCUT2D eigenvalue weighted by molar-refractivity contribution is 7.13. The van der Waals surface area contributed by atoms with Gasteiger partial charge < -0.3 is 9.76 Å². The molecule has 1 heterocycles. The smallest absolute Gasteiger partial charge is 0.347 e. The molecule has 1 N–H and O–H groups in total. The largest absolute Gasteiger partial charge is 0.465 e. The van der Waals surface area contributed by atoms with E-state index >= 15 is 0 Å². The van der Waals surface area contributed by atoms with Gasteiger partial charge in [-0.3, -0.25) is 0 Å². The summed E-state index contributed by atoms with van der Waals surface area (Å²) in [5.41, 5.74) is 0.502. The van der Waals surface area contributed by atoms with E-state index in [0.717, 1.165) is 7.48 Å². The Morgan fingerprint density at radius 2 is 2.55 bits per heavy atom. The first-order chi connectivity index (χ1) is 5.29. The highest BCUT2D eigenvalue weighted by Gasteiger charge is 2.12. The van der Waals surface area contributed by atoms with Gasteiger partial charge in [-0.15, -0.1) is 11.3 Å². The molecule has 0 bridgehead atoms. The minimum absolute atomic E-state index is 0.416. The van der Waals surface area contributed by atoms with Crippen LogP contribution in [0.15, 0.2) is 11.4 Å². The summed E-state index contributed by atoms with van der Waals surface area (Å²) in [6.07, 6.45) is 0. The molecule has 0 saturated carbocycles. The fraction of sp³-hybridized carbons (Fsp3) is 0.167. The number of hydrogen-bond acceptors (Lipinski definition) is 4. The SMILES string of the molecule is COC(=O)c1sccc1[B]O. The van der Waals surface area contributed by atoms with Crippen molar-refractivity contribution in [3.8, 4) is 0 Å². The molecule has 57 valence electrons. The van der Waals surface area contributed by atoms with Crippen molar-refractivity contribution in [2.24, 2.45) is 0 Å². The van der Waals surface area contributed by atoms with Gasteiger partial charge in [0.2, 0.25) is 0 Å². The lowest BCUT2D eigenvalue weighted by Gasteiger charge is -1.95. The molecule has 3 nitrogen and oxygen atoms in total. The van der Waals surface area contributed by atoms with Gasteiger partial charge in [-0.2, -0.15) is 0 Å². The van der Waals surface area contributed by atoms with E-state index in [4.69, 9.17) is 5.02 Å². The molecule has 0 unspecified atom stereocenters. The maximum absolute atomic E-state index is 10.9. The summed E-state index contributed by atoms with van der Waals surface area (Å²) in [5, 5.41) is 10.3. The normalized spacial score (nSPS) is 9.27. The van der Waals surface area contributed by atoms with Crippen LogP contribution in [0.25, 0.3) is 0 Å². The van der Waals surface area contributed by atoms with Crippen LogP contribution >= 0.6 is 11.3 Å². The van der Waals surface area contributed by atoms with Crippen LogP contribution in [0.1, 0.15) is 9.67 Å². The Bertz CT molecular complexity index is 258. The molecule has 0 aromatic carbocycles. The first kappa shape index (κ1) is 8.29.